The van der Waals surface area contributed by atoms with Gasteiger partial charge in [-0.25, -0.2) is 9.13 Å². The highest BCUT2D eigenvalue weighted by Crippen LogP contribution is 1.99. The molecule has 0 bridgehead atoms. The Morgan fingerprint density at radius 3 is 2.57 bits per heavy atom. The molecule has 2 nitrogen and oxygen atoms in total. The van der Waals surface area contributed by atoms with Crippen LogP contribution >= 0.6 is 0 Å². The number of aromatic nitrogens is 2. The molecule has 0 aliphatic carbocycles. The van der Waals surface area contributed by atoms with Crippen LogP contribution in [0.5, 0.6) is 0 Å². The maximum atomic E-state index is 2.36. The first-order chi connectivity index (χ1) is 6.79. The van der Waals surface area contributed by atoms with Gasteiger partial charge in [-0.3, -0.25) is 0 Å². The number of imidazole rings is 1. The van der Waals surface area contributed by atoms with Gasteiger partial charge in [0.2, 0.25) is 0 Å². The molecule has 2 heteroatoms. The van der Waals surface area contributed by atoms with Gasteiger partial charge in [0.1, 0.15) is 12.4 Å². The van der Waals surface area contributed by atoms with Crippen molar-refractivity contribution in [1.29, 1.82) is 0 Å². The number of aryl methyl sites for hydroxylation is 2. The summed E-state index contributed by atoms with van der Waals surface area (Å²) in [4.78, 5) is 0. The molecule has 0 atom stereocenters. The van der Waals surface area contributed by atoms with Crippen molar-refractivity contribution < 1.29 is 4.57 Å². The van der Waals surface area contributed by atoms with Crippen molar-refractivity contribution in [3.63, 3.8) is 0 Å². The Kier molecular flexibility index (Phi) is 4.71. The third-order valence-corrected chi connectivity index (χ3v) is 2.76. The van der Waals surface area contributed by atoms with Gasteiger partial charge in [-0.2, -0.15) is 0 Å². The summed E-state index contributed by atoms with van der Waals surface area (Å²) < 4.78 is 4.72. The average Bonchev–Trinajstić information content (AvgIpc) is 2.54. The maximum Gasteiger partial charge on any atom is 0.253 e. The van der Waals surface area contributed by atoms with E-state index in [1.165, 1.54) is 44.6 Å². The van der Waals surface area contributed by atoms with Crippen molar-refractivity contribution in [3.05, 3.63) is 18.2 Å². The molecule has 0 aliphatic heterocycles. The van der Waals surface area contributed by atoms with Gasteiger partial charge in [0.25, 0.3) is 5.82 Å². The molecule has 1 aromatic heterocycles. The molecule has 1 rings (SSSR count). The summed E-state index contributed by atoms with van der Waals surface area (Å²) in [5.74, 6) is 1.40. The summed E-state index contributed by atoms with van der Waals surface area (Å²) in [5, 5.41) is 0. The van der Waals surface area contributed by atoms with Crippen molar-refractivity contribution in [2.24, 2.45) is 0 Å². The normalized spacial score (nSPS) is 10.8. The zero-order valence-electron chi connectivity index (χ0n) is 9.79. The van der Waals surface area contributed by atoms with Crippen LogP contribution in [-0.4, -0.2) is 4.57 Å². The molecule has 0 radical (unpaired) electrons. The van der Waals surface area contributed by atoms with Crippen LogP contribution in [0.15, 0.2) is 12.4 Å². The standard InChI is InChI=1S/C12H23N2/c1-4-6-8-13-10-11-14(12(13)3)9-7-5-2/h10-11H,4-9H2,1-3H3/q+1. The van der Waals surface area contributed by atoms with Crippen LogP contribution < -0.4 is 4.57 Å². The second-order valence-corrected chi connectivity index (χ2v) is 3.94. The third kappa shape index (κ3) is 2.86. The van der Waals surface area contributed by atoms with E-state index < -0.39 is 0 Å². The lowest BCUT2D eigenvalue weighted by molar-refractivity contribution is -0.702. The minimum absolute atomic E-state index is 1.17. The first-order valence-corrected chi connectivity index (χ1v) is 5.84. The monoisotopic (exact) mass is 195 g/mol. The Labute approximate surface area is 87.6 Å². The summed E-state index contributed by atoms with van der Waals surface area (Å²) in [7, 11) is 0. The molecule has 0 spiro atoms. The van der Waals surface area contributed by atoms with Crippen molar-refractivity contribution in [2.75, 3.05) is 0 Å². The van der Waals surface area contributed by atoms with E-state index in [-0.39, 0.29) is 0 Å². The van der Waals surface area contributed by atoms with Crippen LogP contribution in [0.25, 0.3) is 0 Å². The summed E-state index contributed by atoms with van der Waals surface area (Å²) in [6.45, 7) is 9.03. The van der Waals surface area contributed by atoms with Crippen LogP contribution in [0.1, 0.15) is 45.4 Å². The van der Waals surface area contributed by atoms with Crippen molar-refractivity contribution in [3.8, 4) is 0 Å². The Hall–Kier alpha value is -0.790. The fraction of sp³-hybridized carbons (Fsp3) is 0.750. The lowest BCUT2D eigenvalue weighted by Gasteiger charge is -1.99. The van der Waals surface area contributed by atoms with Gasteiger partial charge in [-0.15, -0.1) is 0 Å². The molecule has 0 fully saturated rings. The Morgan fingerprint density at radius 1 is 1.21 bits per heavy atom. The van der Waals surface area contributed by atoms with Crippen LogP contribution in [0, 0.1) is 6.92 Å². The summed E-state index contributed by atoms with van der Waals surface area (Å²) in [6, 6.07) is 0. The lowest BCUT2D eigenvalue weighted by atomic mass is 10.3. The van der Waals surface area contributed by atoms with E-state index in [0.29, 0.717) is 0 Å². The van der Waals surface area contributed by atoms with Crippen LogP contribution in [0.4, 0.5) is 0 Å². The topological polar surface area (TPSA) is 8.81 Å². The first-order valence-electron chi connectivity index (χ1n) is 5.84. The van der Waals surface area contributed by atoms with Crippen molar-refractivity contribution in [1.82, 2.24) is 4.57 Å². The molecule has 0 saturated carbocycles. The molecule has 0 saturated heterocycles. The highest BCUT2D eigenvalue weighted by Gasteiger charge is 2.10. The van der Waals surface area contributed by atoms with Crippen molar-refractivity contribution >= 4 is 0 Å². The van der Waals surface area contributed by atoms with Gasteiger partial charge in [0, 0.05) is 6.92 Å². The summed E-state index contributed by atoms with van der Waals surface area (Å²) in [5.41, 5.74) is 0. The molecule has 1 heterocycles. The average molecular weight is 195 g/mol. The van der Waals surface area contributed by atoms with Crippen LogP contribution in [-0.2, 0) is 13.1 Å². The number of hydrogen-bond acceptors (Lipinski definition) is 0. The zero-order valence-corrected chi connectivity index (χ0v) is 9.79. The maximum absolute atomic E-state index is 2.36. The van der Waals surface area contributed by atoms with Gasteiger partial charge >= 0.3 is 0 Å². The van der Waals surface area contributed by atoms with Crippen molar-refractivity contribution in [2.45, 2.75) is 59.5 Å². The predicted molar refractivity (Wildman–Crippen MR) is 59.2 cm³/mol. The van der Waals surface area contributed by atoms with Crippen LogP contribution in [0.3, 0.4) is 0 Å². The molecule has 0 aromatic carbocycles. The number of unbranched alkanes of at least 4 members (excludes halogenated alkanes) is 2. The largest absolute Gasteiger partial charge is 0.253 e. The third-order valence-electron chi connectivity index (χ3n) is 2.76. The van der Waals surface area contributed by atoms with Gasteiger partial charge in [0.15, 0.2) is 0 Å². The second-order valence-electron chi connectivity index (χ2n) is 3.94. The molecule has 14 heavy (non-hydrogen) atoms. The molecule has 0 N–H and O–H groups in total. The molecule has 1 aromatic rings. The second kappa shape index (κ2) is 5.84. The molecule has 0 unspecified atom stereocenters. The Balaban J connectivity index is 2.55. The fourth-order valence-electron chi connectivity index (χ4n) is 1.67. The fourth-order valence-corrected chi connectivity index (χ4v) is 1.67. The quantitative estimate of drug-likeness (QED) is 0.617. The van der Waals surface area contributed by atoms with Gasteiger partial charge in [-0.05, 0) is 12.8 Å². The molecular weight excluding hydrogens is 172 g/mol. The van der Waals surface area contributed by atoms with E-state index in [9.17, 15) is 0 Å². The van der Waals surface area contributed by atoms with E-state index in [2.05, 4.69) is 42.3 Å². The van der Waals surface area contributed by atoms with E-state index in [4.69, 9.17) is 0 Å². The minimum Gasteiger partial charge on any atom is -0.234 e. The van der Waals surface area contributed by atoms with Crippen LogP contribution in [0.2, 0.25) is 0 Å². The SMILES string of the molecule is CCCCn1cc[n+](CCCC)c1C. The lowest BCUT2D eigenvalue weighted by Crippen LogP contribution is -2.35. The van der Waals surface area contributed by atoms with Gasteiger partial charge < -0.3 is 0 Å². The number of hydrogen-bond donors (Lipinski definition) is 0. The van der Waals surface area contributed by atoms with E-state index in [0.717, 1.165) is 0 Å². The number of nitrogens with zero attached hydrogens (tertiary/aromatic N) is 2. The smallest absolute Gasteiger partial charge is 0.234 e. The Morgan fingerprint density at radius 2 is 1.93 bits per heavy atom. The van der Waals surface area contributed by atoms with E-state index >= 15 is 0 Å². The Bertz CT molecular complexity index is 238. The van der Waals surface area contributed by atoms with E-state index in [1.807, 2.05) is 0 Å². The molecule has 0 amide bonds. The minimum atomic E-state index is 1.17. The number of rotatable bonds is 6. The predicted octanol–water partition coefficient (Wildman–Crippen LogP) is 2.68. The molecule has 0 aliphatic rings. The first kappa shape index (κ1) is 11.3. The van der Waals surface area contributed by atoms with E-state index in [1.54, 1.807) is 0 Å². The highest BCUT2D eigenvalue weighted by molar-refractivity contribution is 4.79. The molecular formula is C12H23N2+. The van der Waals surface area contributed by atoms with Gasteiger partial charge in [-0.1, -0.05) is 26.7 Å². The summed E-state index contributed by atoms with van der Waals surface area (Å²) >= 11 is 0. The molecule has 80 valence electrons. The van der Waals surface area contributed by atoms with Gasteiger partial charge in [0.05, 0.1) is 13.1 Å². The summed E-state index contributed by atoms with van der Waals surface area (Å²) in [6.07, 6.45) is 9.52. The highest BCUT2D eigenvalue weighted by atomic mass is 15.1. The zero-order chi connectivity index (χ0) is 10.4.